The number of phenols is 1. The van der Waals surface area contributed by atoms with Crippen molar-refractivity contribution in [2.45, 2.75) is 12.7 Å². The van der Waals surface area contributed by atoms with E-state index in [1.54, 1.807) is 24.3 Å². The minimum Gasteiger partial charge on any atom is -0.506 e. The summed E-state index contributed by atoms with van der Waals surface area (Å²) in [5.74, 6) is -0.648. The van der Waals surface area contributed by atoms with Crippen molar-refractivity contribution in [3.8, 4) is 22.6 Å². The van der Waals surface area contributed by atoms with Crippen LogP contribution in [0.5, 0.6) is 11.5 Å². The van der Waals surface area contributed by atoms with Crippen LogP contribution >= 0.6 is 0 Å². The number of hydrogen-bond donors (Lipinski definition) is 5. The average Bonchev–Trinajstić information content (AvgIpc) is 2.80. The van der Waals surface area contributed by atoms with Gasteiger partial charge in [0.15, 0.2) is 11.6 Å². The molecule has 0 radical (unpaired) electrons. The molecule has 0 amide bonds. The van der Waals surface area contributed by atoms with Crippen LogP contribution in [0.1, 0.15) is 17.2 Å². The van der Waals surface area contributed by atoms with E-state index in [0.29, 0.717) is 17.7 Å². The van der Waals surface area contributed by atoms with Crippen molar-refractivity contribution in [2.24, 2.45) is 0 Å². The van der Waals surface area contributed by atoms with Crippen molar-refractivity contribution in [1.82, 2.24) is 5.32 Å². The Balaban J connectivity index is 1.48. The molecule has 0 saturated carbocycles. The molecule has 10 heteroatoms. The number of anilines is 1. The zero-order valence-corrected chi connectivity index (χ0v) is 19.3. The third-order valence-corrected chi connectivity index (χ3v) is 5.57. The van der Waals surface area contributed by atoms with Crippen LogP contribution in [0.3, 0.4) is 0 Å². The molecule has 0 aliphatic heterocycles. The predicted molar refractivity (Wildman–Crippen MR) is 128 cm³/mol. The number of aromatic hydroxyl groups is 1. The molecule has 8 nitrogen and oxygen atoms in total. The molecular formula is C24H27FN2O6S. The maximum atomic E-state index is 14.4. The van der Waals surface area contributed by atoms with Crippen LogP contribution in [-0.4, -0.2) is 49.7 Å². The lowest BCUT2D eigenvalue weighted by atomic mass is 10.0. The molecule has 34 heavy (non-hydrogen) atoms. The van der Waals surface area contributed by atoms with Gasteiger partial charge < -0.3 is 25.4 Å². The summed E-state index contributed by atoms with van der Waals surface area (Å²) in [5, 5.41) is 32.2. The molecule has 0 heterocycles. The topological polar surface area (TPSA) is 128 Å². The third-order valence-electron chi connectivity index (χ3n) is 4.98. The van der Waals surface area contributed by atoms with E-state index in [0.717, 1.165) is 17.4 Å². The first-order valence-corrected chi connectivity index (χ1v) is 12.4. The second-order valence-electron chi connectivity index (χ2n) is 7.72. The lowest BCUT2D eigenvalue weighted by Gasteiger charge is -2.15. The highest BCUT2D eigenvalue weighted by Gasteiger charge is 2.13. The van der Waals surface area contributed by atoms with Gasteiger partial charge >= 0.3 is 0 Å². The molecule has 0 unspecified atom stereocenters. The molecule has 0 spiro atoms. The fraction of sp³-hybridized carbons (Fsp3) is 0.250. The van der Waals surface area contributed by atoms with Crippen molar-refractivity contribution in [2.75, 3.05) is 30.7 Å². The van der Waals surface area contributed by atoms with Gasteiger partial charge in [0.05, 0.1) is 24.7 Å². The minimum absolute atomic E-state index is 0.0226. The van der Waals surface area contributed by atoms with E-state index in [9.17, 15) is 23.0 Å². The minimum atomic E-state index is -3.58. The standard InChI is InChI=1S/C24H27FN2O6S/c1-34(31,32)27-21-13-19(6-8-22(21)29)23(30)14-26-10-11-33-24-9-7-18(12-20(24)25)17-4-2-16(15-28)3-5-17/h2-9,12-13,23,26-30H,10-11,14-15H2,1H3/t23-/m0/s1. The second-order valence-corrected chi connectivity index (χ2v) is 9.47. The lowest BCUT2D eigenvalue weighted by Crippen LogP contribution is -2.26. The fourth-order valence-corrected chi connectivity index (χ4v) is 3.80. The second kappa shape index (κ2) is 11.3. The quantitative estimate of drug-likeness (QED) is 0.207. The van der Waals surface area contributed by atoms with Gasteiger partial charge in [-0.25, -0.2) is 12.8 Å². The van der Waals surface area contributed by atoms with Gasteiger partial charge in [-0.05, 0) is 46.5 Å². The Labute approximate surface area is 197 Å². The van der Waals surface area contributed by atoms with Crippen LogP contribution < -0.4 is 14.8 Å². The van der Waals surface area contributed by atoms with Crippen molar-refractivity contribution in [3.05, 3.63) is 77.6 Å². The number of phenolic OH excluding ortho intramolecular Hbond substituents is 1. The molecule has 0 fully saturated rings. The molecule has 1 atom stereocenters. The number of aliphatic hydroxyl groups is 2. The number of hydrogen-bond acceptors (Lipinski definition) is 7. The van der Waals surface area contributed by atoms with Gasteiger partial charge in [0, 0.05) is 13.1 Å². The van der Waals surface area contributed by atoms with Crippen LogP contribution in [-0.2, 0) is 16.6 Å². The van der Waals surface area contributed by atoms with Gasteiger partial charge in [0.2, 0.25) is 10.0 Å². The molecule has 182 valence electrons. The van der Waals surface area contributed by atoms with E-state index >= 15 is 0 Å². The SMILES string of the molecule is CS(=O)(=O)Nc1cc([C@@H](O)CNCCOc2ccc(-c3ccc(CO)cc3)cc2F)ccc1O. The maximum absolute atomic E-state index is 14.4. The summed E-state index contributed by atoms with van der Waals surface area (Å²) in [7, 11) is -3.58. The van der Waals surface area contributed by atoms with Gasteiger partial charge in [-0.15, -0.1) is 0 Å². The molecule has 0 bridgehead atoms. The smallest absolute Gasteiger partial charge is 0.229 e. The zero-order valence-electron chi connectivity index (χ0n) is 18.5. The van der Waals surface area contributed by atoms with Crippen molar-refractivity contribution in [1.29, 1.82) is 0 Å². The van der Waals surface area contributed by atoms with Gasteiger partial charge in [0.1, 0.15) is 12.4 Å². The monoisotopic (exact) mass is 490 g/mol. The Kier molecular flexibility index (Phi) is 8.46. The highest BCUT2D eigenvalue weighted by atomic mass is 32.2. The molecule has 0 aliphatic carbocycles. The summed E-state index contributed by atoms with van der Waals surface area (Å²) in [6.45, 7) is 0.568. The molecule has 0 aliphatic rings. The van der Waals surface area contributed by atoms with Crippen LogP contribution in [0.25, 0.3) is 11.1 Å². The molecule has 5 N–H and O–H groups in total. The van der Waals surface area contributed by atoms with E-state index in [1.165, 1.54) is 24.3 Å². The molecule has 3 rings (SSSR count). The van der Waals surface area contributed by atoms with Gasteiger partial charge in [-0.2, -0.15) is 0 Å². The Hall–Kier alpha value is -3.18. The first-order chi connectivity index (χ1) is 16.2. The number of rotatable bonds is 11. The first kappa shape index (κ1) is 25.4. The van der Waals surface area contributed by atoms with E-state index in [-0.39, 0.29) is 36.9 Å². The van der Waals surface area contributed by atoms with Crippen molar-refractivity contribution >= 4 is 15.7 Å². The summed E-state index contributed by atoms with van der Waals surface area (Å²) >= 11 is 0. The van der Waals surface area contributed by atoms with E-state index < -0.39 is 21.9 Å². The Bertz CT molecular complexity index is 1220. The molecule has 3 aromatic rings. The number of halogens is 1. The van der Waals surface area contributed by atoms with Gasteiger partial charge in [-0.3, -0.25) is 4.72 Å². The largest absolute Gasteiger partial charge is 0.506 e. The fourth-order valence-electron chi connectivity index (χ4n) is 3.23. The number of sulfonamides is 1. The lowest BCUT2D eigenvalue weighted by molar-refractivity contribution is 0.171. The van der Waals surface area contributed by atoms with Crippen LogP contribution in [0, 0.1) is 5.82 Å². The first-order valence-electron chi connectivity index (χ1n) is 10.5. The molecule has 0 saturated heterocycles. The van der Waals surface area contributed by atoms with Gasteiger partial charge in [-0.1, -0.05) is 36.4 Å². The van der Waals surface area contributed by atoms with Crippen molar-refractivity contribution in [3.63, 3.8) is 0 Å². The number of benzene rings is 3. The maximum Gasteiger partial charge on any atom is 0.229 e. The highest BCUT2D eigenvalue weighted by Crippen LogP contribution is 2.28. The number of aliphatic hydroxyl groups excluding tert-OH is 2. The highest BCUT2D eigenvalue weighted by molar-refractivity contribution is 7.92. The van der Waals surface area contributed by atoms with E-state index in [2.05, 4.69) is 10.0 Å². The summed E-state index contributed by atoms with van der Waals surface area (Å²) in [6.07, 6.45) is -0.00283. The van der Waals surface area contributed by atoms with Crippen LogP contribution in [0.4, 0.5) is 10.1 Å². The summed E-state index contributed by atoms with van der Waals surface area (Å²) in [6, 6.07) is 16.0. The summed E-state index contributed by atoms with van der Waals surface area (Å²) in [5.41, 5.74) is 2.67. The van der Waals surface area contributed by atoms with E-state index in [1.807, 2.05) is 12.1 Å². The summed E-state index contributed by atoms with van der Waals surface area (Å²) in [4.78, 5) is 0. The van der Waals surface area contributed by atoms with Gasteiger partial charge in [0.25, 0.3) is 0 Å². The number of nitrogens with one attached hydrogen (secondary N) is 2. The Morgan fingerprint density at radius 2 is 1.74 bits per heavy atom. The normalized spacial score (nSPS) is 12.4. The number of ether oxygens (including phenoxy) is 1. The predicted octanol–water partition coefficient (Wildman–Crippen LogP) is 2.76. The van der Waals surface area contributed by atoms with Crippen LogP contribution in [0.2, 0.25) is 0 Å². The average molecular weight is 491 g/mol. The molecule has 0 aromatic heterocycles. The zero-order chi connectivity index (χ0) is 24.7. The third kappa shape index (κ3) is 7.16. The Morgan fingerprint density at radius 1 is 1.03 bits per heavy atom. The van der Waals surface area contributed by atoms with E-state index in [4.69, 9.17) is 9.84 Å². The Morgan fingerprint density at radius 3 is 2.38 bits per heavy atom. The van der Waals surface area contributed by atoms with Crippen molar-refractivity contribution < 1.29 is 32.9 Å². The molecule has 3 aromatic carbocycles. The summed E-state index contributed by atoms with van der Waals surface area (Å²) < 4.78 is 44.9. The van der Waals surface area contributed by atoms with Crippen LogP contribution in [0.15, 0.2) is 60.7 Å². The molecular weight excluding hydrogens is 463 g/mol.